The molecule has 0 aromatic carbocycles. The molecule has 0 amide bonds. The molecule has 1 atom stereocenters. The standard InChI is InChI=1S/C13H12F3N5OS/c1-3-9-17-11(22-20-9)7(2)23-12-19-18-10-5-4-8(6-21(10)12)13(14,15)16/h4-7H,3H2,1-2H3. The van der Waals surface area contributed by atoms with Crippen LogP contribution < -0.4 is 0 Å². The summed E-state index contributed by atoms with van der Waals surface area (Å²) in [6.07, 6.45) is -2.80. The van der Waals surface area contributed by atoms with Gasteiger partial charge < -0.3 is 4.52 Å². The molecule has 0 spiro atoms. The Balaban J connectivity index is 1.90. The third kappa shape index (κ3) is 3.16. The molecule has 0 aliphatic carbocycles. The molecule has 3 aromatic rings. The van der Waals surface area contributed by atoms with Crippen molar-refractivity contribution in [3.8, 4) is 0 Å². The van der Waals surface area contributed by atoms with E-state index in [0.29, 0.717) is 28.9 Å². The summed E-state index contributed by atoms with van der Waals surface area (Å²) in [6.45, 7) is 3.71. The highest BCUT2D eigenvalue weighted by Gasteiger charge is 2.31. The number of aryl methyl sites for hydroxylation is 1. The lowest BCUT2D eigenvalue weighted by atomic mass is 10.3. The zero-order valence-corrected chi connectivity index (χ0v) is 13.0. The van der Waals surface area contributed by atoms with E-state index in [9.17, 15) is 13.2 Å². The van der Waals surface area contributed by atoms with Gasteiger partial charge in [-0.1, -0.05) is 23.8 Å². The second kappa shape index (κ2) is 5.84. The quantitative estimate of drug-likeness (QED) is 0.675. The molecule has 23 heavy (non-hydrogen) atoms. The van der Waals surface area contributed by atoms with E-state index in [1.807, 2.05) is 13.8 Å². The zero-order chi connectivity index (χ0) is 16.6. The van der Waals surface area contributed by atoms with Gasteiger partial charge in [-0.05, 0) is 19.1 Å². The largest absolute Gasteiger partial charge is 0.417 e. The maximum Gasteiger partial charge on any atom is 0.417 e. The SMILES string of the molecule is CCc1noc(C(C)Sc2nnc3ccc(C(F)(F)F)cn23)n1. The first-order chi connectivity index (χ1) is 10.9. The predicted octanol–water partition coefficient (Wildman–Crippen LogP) is 3.55. The topological polar surface area (TPSA) is 69.1 Å². The lowest BCUT2D eigenvalue weighted by molar-refractivity contribution is -0.137. The highest BCUT2D eigenvalue weighted by Crippen LogP contribution is 2.34. The molecular formula is C13H12F3N5OS. The van der Waals surface area contributed by atoms with E-state index in [0.717, 1.165) is 12.3 Å². The molecule has 0 saturated carbocycles. The number of nitrogens with zero attached hydrogens (tertiary/aromatic N) is 5. The summed E-state index contributed by atoms with van der Waals surface area (Å²) in [5, 5.41) is 11.7. The maximum atomic E-state index is 12.8. The predicted molar refractivity (Wildman–Crippen MR) is 75.9 cm³/mol. The molecule has 6 nitrogen and oxygen atoms in total. The van der Waals surface area contributed by atoms with Crippen LogP contribution in [-0.4, -0.2) is 24.7 Å². The smallest absolute Gasteiger partial charge is 0.338 e. The van der Waals surface area contributed by atoms with Crippen LogP contribution in [0.4, 0.5) is 13.2 Å². The van der Waals surface area contributed by atoms with E-state index < -0.39 is 11.7 Å². The molecule has 0 radical (unpaired) electrons. The molecule has 3 heterocycles. The number of thioether (sulfide) groups is 1. The van der Waals surface area contributed by atoms with Crippen molar-refractivity contribution in [2.75, 3.05) is 0 Å². The molecule has 0 aliphatic rings. The molecule has 0 bridgehead atoms. The van der Waals surface area contributed by atoms with Crippen LogP contribution in [0.15, 0.2) is 28.0 Å². The highest BCUT2D eigenvalue weighted by molar-refractivity contribution is 7.99. The van der Waals surface area contributed by atoms with Gasteiger partial charge in [0.2, 0.25) is 5.89 Å². The first-order valence-electron chi connectivity index (χ1n) is 6.79. The fraction of sp³-hybridized carbons (Fsp3) is 0.385. The summed E-state index contributed by atoms with van der Waals surface area (Å²) in [5.74, 6) is 0.980. The van der Waals surface area contributed by atoms with Gasteiger partial charge in [0, 0.05) is 12.6 Å². The van der Waals surface area contributed by atoms with E-state index in [1.165, 1.54) is 22.2 Å². The van der Waals surface area contributed by atoms with Gasteiger partial charge in [-0.3, -0.25) is 4.40 Å². The molecule has 3 aromatic heterocycles. The van der Waals surface area contributed by atoms with Crippen molar-refractivity contribution in [3.05, 3.63) is 35.6 Å². The first-order valence-corrected chi connectivity index (χ1v) is 7.67. The van der Waals surface area contributed by atoms with E-state index in [4.69, 9.17) is 4.52 Å². The Bertz CT molecular complexity index is 828. The Hall–Kier alpha value is -2.10. The van der Waals surface area contributed by atoms with Crippen LogP contribution in [-0.2, 0) is 12.6 Å². The maximum absolute atomic E-state index is 12.8. The highest BCUT2D eigenvalue weighted by atomic mass is 32.2. The van der Waals surface area contributed by atoms with Crippen molar-refractivity contribution in [2.45, 2.75) is 36.9 Å². The summed E-state index contributed by atoms with van der Waals surface area (Å²) in [4.78, 5) is 4.21. The molecular weight excluding hydrogens is 331 g/mol. The van der Waals surface area contributed by atoms with Crippen LogP contribution in [0.25, 0.3) is 5.65 Å². The number of aromatic nitrogens is 5. The lowest BCUT2D eigenvalue weighted by Gasteiger charge is -2.08. The van der Waals surface area contributed by atoms with Crippen molar-refractivity contribution >= 4 is 17.4 Å². The van der Waals surface area contributed by atoms with E-state index in [2.05, 4.69) is 20.3 Å². The summed E-state index contributed by atoms with van der Waals surface area (Å²) in [5.41, 5.74) is -0.419. The first kappa shape index (κ1) is 15.8. The zero-order valence-electron chi connectivity index (χ0n) is 12.2. The van der Waals surface area contributed by atoms with Gasteiger partial charge in [0.05, 0.1) is 10.8 Å². The van der Waals surface area contributed by atoms with Crippen molar-refractivity contribution in [1.29, 1.82) is 0 Å². The van der Waals surface area contributed by atoms with E-state index >= 15 is 0 Å². The summed E-state index contributed by atoms with van der Waals surface area (Å²) < 4.78 is 44.9. The fourth-order valence-corrected chi connectivity index (χ4v) is 2.76. The van der Waals surface area contributed by atoms with Crippen molar-refractivity contribution in [1.82, 2.24) is 24.7 Å². The number of alkyl halides is 3. The summed E-state index contributed by atoms with van der Waals surface area (Å²) >= 11 is 1.20. The number of fused-ring (bicyclic) bond motifs is 1. The van der Waals surface area contributed by atoms with Crippen molar-refractivity contribution in [3.63, 3.8) is 0 Å². The van der Waals surface area contributed by atoms with Crippen LogP contribution >= 0.6 is 11.8 Å². The third-order valence-corrected chi connectivity index (χ3v) is 4.17. The minimum atomic E-state index is -4.42. The number of halogens is 3. The lowest BCUT2D eigenvalue weighted by Crippen LogP contribution is -2.06. The Morgan fingerprint density at radius 1 is 1.30 bits per heavy atom. The molecule has 0 saturated heterocycles. The molecule has 3 rings (SSSR count). The fourth-order valence-electron chi connectivity index (χ4n) is 1.90. The Morgan fingerprint density at radius 3 is 2.74 bits per heavy atom. The minimum absolute atomic E-state index is 0.259. The van der Waals surface area contributed by atoms with Gasteiger partial charge in [0.25, 0.3) is 0 Å². The molecule has 0 N–H and O–H groups in total. The van der Waals surface area contributed by atoms with Crippen molar-refractivity contribution < 1.29 is 17.7 Å². The average Bonchev–Trinajstić information content (AvgIpc) is 3.13. The van der Waals surface area contributed by atoms with Crippen LogP contribution in [0.2, 0.25) is 0 Å². The van der Waals surface area contributed by atoms with Gasteiger partial charge in [-0.15, -0.1) is 10.2 Å². The number of hydrogen-bond acceptors (Lipinski definition) is 6. The molecule has 1 unspecified atom stereocenters. The van der Waals surface area contributed by atoms with Gasteiger partial charge in [-0.2, -0.15) is 18.2 Å². The summed E-state index contributed by atoms with van der Waals surface area (Å²) in [7, 11) is 0. The Kier molecular flexibility index (Phi) is 4.00. The molecule has 122 valence electrons. The molecule has 0 aliphatic heterocycles. The number of rotatable bonds is 4. The second-order valence-corrected chi connectivity index (χ2v) is 6.10. The normalized spacial score (nSPS) is 13.6. The van der Waals surface area contributed by atoms with Gasteiger partial charge in [0.1, 0.15) is 0 Å². The van der Waals surface area contributed by atoms with Crippen molar-refractivity contribution in [2.24, 2.45) is 0 Å². The second-order valence-electron chi connectivity index (χ2n) is 4.79. The Morgan fingerprint density at radius 2 is 2.09 bits per heavy atom. The van der Waals surface area contributed by atoms with E-state index in [-0.39, 0.29) is 5.25 Å². The van der Waals surface area contributed by atoms with Crippen LogP contribution in [0, 0.1) is 0 Å². The molecule has 10 heteroatoms. The van der Waals surface area contributed by atoms with Crippen LogP contribution in [0.5, 0.6) is 0 Å². The van der Waals surface area contributed by atoms with Gasteiger partial charge in [-0.25, -0.2) is 0 Å². The van der Waals surface area contributed by atoms with Gasteiger partial charge in [0.15, 0.2) is 16.6 Å². The van der Waals surface area contributed by atoms with Crippen LogP contribution in [0.1, 0.15) is 36.4 Å². The number of pyridine rings is 1. The molecule has 0 fully saturated rings. The third-order valence-electron chi connectivity index (χ3n) is 3.13. The van der Waals surface area contributed by atoms with Gasteiger partial charge >= 0.3 is 6.18 Å². The van der Waals surface area contributed by atoms with Crippen LogP contribution in [0.3, 0.4) is 0 Å². The average molecular weight is 343 g/mol. The number of hydrogen-bond donors (Lipinski definition) is 0. The monoisotopic (exact) mass is 343 g/mol. The minimum Gasteiger partial charge on any atom is -0.338 e. The Labute approximate surface area is 133 Å². The van der Waals surface area contributed by atoms with E-state index in [1.54, 1.807) is 0 Å². The summed E-state index contributed by atoms with van der Waals surface area (Å²) in [6, 6.07) is 2.26.